The van der Waals surface area contributed by atoms with E-state index in [-0.39, 0.29) is 5.91 Å². The van der Waals surface area contributed by atoms with Crippen LogP contribution in [-0.4, -0.2) is 20.4 Å². The zero-order valence-electron chi connectivity index (χ0n) is 10.1. The Labute approximate surface area is 113 Å². The van der Waals surface area contributed by atoms with Crippen LogP contribution < -0.4 is 5.32 Å². The molecule has 0 atom stereocenters. The number of nitrogens with zero attached hydrogens (tertiary/aromatic N) is 3. The highest BCUT2D eigenvalue weighted by atomic mass is 79.9. The van der Waals surface area contributed by atoms with E-state index in [1.54, 1.807) is 23.0 Å². The minimum atomic E-state index is -0.134. The molecule has 0 spiro atoms. The molecule has 6 heteroatoms. The molecule has 0 saturated carbocycles. The Hall–Kier alpha value is -1.69. The Morgan fingerprint density at radius 1 is 1.44 bits per heavy atom. The van der Waals surface area contributed by atoms with Gasteiger partial charge < -0.3 is 9.88 Å². The molecule has 2 aromatic rings. The van der Waals surface area contributed by atoms with Crippen molar-refractivity contribution in [3.63, 3.8) is 0 Å². The SMILES string of the molecule is Cc1cnc(CNC(=O)c2cc(Br)cn2C)cn1. The molecule has 0 bridgehead atoms. The quantitative estimate of drug-likeness (QED) is 0.941. The number of carbonyl (C=O) groups is 1. The Morgan fingerprint density at radius 3 is 2.78 bits per heavy atom. The molecule has 1 N–H and O–H groups in total. The first kappa shape index (κ1) is 12.8. The van der Waals surface area contributed by atoms with Gasteiger partial charge in [-0.05, 0) is 28.9 Å². The molecule has 2 aromatic heterocycles. The van der Waals surface area contributed by atoms with Crippen LogP contribution in [0.1, 0.15) is 21.9 Å². The van der Waals surface area contributed by atoms with Gasteiger partial charge in [0, 0.05) is 23.9 Å². The summed E-state index contributed by atoms with van der Waals surface area (Å²) in [6.45, 7) is 2.24. The number of nitrogens with one attached hydrogen (secondary N) is 1. The van der Waals surface area contributed by atoms with E-state index in [0.717, 1.165) is 15.9 Å². The normalized spacial score (nSPS) is 10.4. The van der Waals surface area contributed by atoms with Gasteiger partial charge >= 0.3 is 0 Å². The summed E-state index contributed by atoms with van der Waals surface area (Å²) in [6, 6.07) is 1.77. The summed E-state index contributed by atoms with van der Waals surface area (Å²) in [5, 5.41) is 2.81. The zero-order chi connectivity index (χ0) is 13.1. The molecule has 0 aliphatic rings. The largest absolute Gasteiger partial charge is 0.345 e. The molecule has 1 amide bonds. The number of aryl methyl sites for hydroxylation is 2. The average molecular weight is 309 g/mol. The fourth-order valence-corrected chi connectivity index (χ4v) is 2.05. The minimum absolute atomic E-state index is 0.134. The number of hydrogen-bond acceptors (Lipinski definition) is 3. The number of halogens is 1. The van der Waals surface area contributed by atoms with Gasteiger partial charge in [0.05, 0.1) is 24.1 Å². The van der Waals surface area contributed by atoms with E-state index in [1.807, 2.05) is 20.2 Å². The topological polar surface area (TPSA) is 59.8 Å². The summed E-state index contributed by atoms with van der Waals surface area (Å²) >= 11 is 3.33. The first-order valence-electron chi connectivity index (χ1n) is 5.44. The molecule has 2 heterocycles. The maximum Gasteiger partial charge on any atom is 0.268 e. The van der Waals surface area contributed by atoms with Crippen LogP contribution >= 0.6 is 15.9 Å². The van der Waals surface area contributed by atoms with Gasteiger partial charge in [0.15, 0.2) is 0 Å². The van der Waals surface area contributed by atoms with Gasteiger partial charge in [-0.2, -0.15) is 0 Å². The van der Waals surface area contributed by atoms with E-state index >= 15 is 0 Å². The summed E-state index contributed by atoms with van der Waals surface area (Å²) in [6.07, 6.45) is 5.18. The van der Waals surface area contributed by atoms with Crippen molar-refractivity contribution in [2.75, 3.05) is 0 Å². The lowest BCUT2D eigenvalue weighted by Gasteiger charge is -2.05. The molecule has 0 aromatic carbocycles. The Kier molecular flexibility index (Phi) is 3.76. The van der Waals surface area contributed by atoms with Crippen LogP contribution in [0.15, 0.2) is 29.1 Å². The first-order chi connectivity index (χ1) is 8.56. The summed E-state index contributed by atoms with van der Waals surface area (Å²) < 4.78 is 2.64. The first-order valence-corrected chi connectivity index (χ1v) is 6.23. The van der Waals surface area contributed by atoms with Gasteiger partial charge in [0.25, 0.3) is 5.91 Å². The zero-order valence-corrected chi connectivity index (χ0v) is 11.7. The third kappa shape index (κ3) is 2.95. The van der Waals surface area contributed by atoms with E-state index in [9.17, 15) is 4.79 Å². The average Bonchev–Trinajstić information content (AvgIpc) is 2.67. The number of carbonyl (C=O) groups excluding carboxylic acids is 1. The van der Waals surface area contributed by atoms with Gasteiger partial charge in [-0.15, -0.1) is 0 Å². The van der Waals surface area contributed by atoms with Gasteiger partial charge in [-0.3, -0.25) is 14.8 Å². The summed E-state index contributed by atoms with van der Waals surface area (Å²) in [4.78, 5) is 20.2. The second-order valence-electron chi connectivity index (χ2n) is 3.99. The smallest absolute Gasteiger partial charge is 0.268 e. The minimum Gasteiger partial charge on any atom is -0.345 e. The van der Waals surface area contributed by atoms with Crippen molar-refractivity contribution >= 4 is 21.8 Å². The van der Waals surface area contributed by atoms with Crippen LogP contribution in [0, 0.1) is 6.92 Å². The monoisotopic (exact) mass is 308 g/mol. The maximum absolute atomic E-state index is 11.9. The number of amides is 1. The van der Waals surface area contributed by atoms with Crippen LogP contribution in [0.4, 0.5) is 0 Å². The fourth-order valence-electron chi connectivity index (χ4n) is 1.52. The predicted molar refractivity (Wildman–Crippen MR) is 71.1 cm³/mol. The highest BCUT2D eigenvalue weighted by molar-refractivity contribution is 9.10. The van der Waals surface area contributed by atoms with E-state index < -0.39 is 0 Å². The molecule has 0 fully saturated rings. The standard InChI is InChI=1S/C12H13BrN4O/c1-8-4-15-10(5-14-8)6-16-12(18)11-3-9(13)7-17(11)2/h3-5,7H,6H2,1-2H3,(H,16,18). The molecule has 0 radical (unpaired) electrons. The molecule has 5 nitrogen and oxygen atoms in total. The van der Waals surface area contributed by atoms with Crippen LogP contribution in [0.25, 0.3) is 0 Å². The highest BCUT2D eigenvalue weighted by Gasteiger charge is 2.10. The molecule has 18 heavy (non-hydrogen) atoms. The van der Waals surface area contributed by atoms with Crippen LogP contribution in [0.2, 0.25) is 0 Å². The second-order valence-corrected chi connectivity index (χ2v) is 4.90. The Bertz CT molecular complexity index is 562. The van der Waals surface area contributed by atoms with Crippen molar-refractivity contribution in [3.8, 4) is 0 Å². The third-order valence-corrected chi connectivity index (χ3v) is 2.90. The van der Waals surface area contributed by atoms with E-state index in [0.29, 0.717) is 12.2 Å². The predicted octanol–water partition coefficient (Wildman–Crippen LogP) is 1.82. The van der Waals surface area contributed by atoms with Crippen LogP contribution in [0.5, 0.6) is 0 Å². The third-order valence-electron chi connectivity index (χ3n) is 2.47. The molecule has 0 aliphatic carbocycles. The van der Waals surface area contributed by atoms with E-state index in [4.69, 9.17) is 0 Å². The number of rotatable bonds is 3. The lowest BCUT2D eigenvalue weighted by molar-refractivity contribution is 0.0942. The lowest BCUT2D eigenvalue weighted by Crippen LogP contribution is -2.25. The van der Waals surface area contributed by atoms with Crippen LogP contribution in [-0.2, 0) is 13.6 Å². The second kappa shape index (κ2) is 5.30. The lowest BCUT2D eigenvalue weighted by atomic mass is 10.3. The maximum atomic E-state index is 11.9. The van der Waals surface area contributed by atoms with Crippen LogP contribution in [0.3, 0.4) is 0 Å². The van der Waals surface area contributed by atoms with Gasteiger partial charge in [-0.1, -0.05) is 0 Å². The highest BCUT2D eigenvalue weighted by Crippen LogP contribution is 2.13. The summed E-state index contributed by atoms with van der Waals surface area (Å²) in [5.41, 5.74) is 2.20. The molecule has 2 rings (SSSR count). The molecule has 0 unspecified atom stereocenters. The summed E-state index contributed by atoms with van der Waals surface area (Å²) in [7, 11) is 1.82. The Morgan fingerprint density at radius 2 is 2.22 bits per heavy atom. The van der Waals surface area contributed by atoms with Crippen molar-refractivity contribution in [1.82, 2.24) is 19.9 Å². The molecular weight excluding hydrogens is 296 g/mol. The van der Waals surface area contributed by atoms with Crippen molar-refractivity contribution in [2.24, 2.45) is 7.05 Å². The van der Waals surface area contributed by atoms with Crippen molar-refractivity contribution in [2.45, 2.75) is 13.5 Å². The molecule has 0 saturated heterocycles. The van der Waals surface area contributed by atoms with Crippen molar-refractivity contribution in [3.05, 3.63) is 46.2 Å². The molecule has 94 valence electrons. The van der Waals surface area contributed by atoms with Crippen molar-refractivity contribution in [1.29, 1.82) is 0 Å². The van der Waals surface area contributed by atoms with Gasteiger partial charge in [0.1, 0.15) is 5.69 Å². The molecule has 0 aliphatic heterocycles. The Balaban J connectivity index is 2.00. The summed E-state index contributed by atoms with van der Waals surface area (Å²) in [5.74, 6) is -0.134. The fraction of sp³-hybridized carbons (Fsp3) is 0.250. The number of hydrogen-bond donors (Lipinski definition) is 1. The van der Waals surface area contributed by atoms with E-state index in [1.165, 1.54) is 0 Å². The van der Waals surface area contributed by atoms with Gasteiger partial charge in [0.2, 0.25) is 0 Å². The number of aromatic nitrogens is 3. The van der Waals surface area contributed by atoms with E-state index in [2.05, 4.69) is 31.2 Å². The molecular formula is C12H13BrN4O. The van der Waals surface area contributed by atoms with Crippen molar-refractivity contribution < 1.29 is 4.79 Å². The van der Waals surface area contributed by atoms with Gasteiger partial charge in [-0.25, -0.2) is 0 Å².